The van der Waals surface area contributed by atoms with E-state index in [9.17, 15) is 0 Å². The van der Waals surface area contributed by atoms with Gasteiger partial charge < -0.3 is 13.1 Å². The molecule has 0 fully saturated rings. The van der Waals surface area contributed by atoms with Crippen molar-refractivity contribution in [1.82, 2.24) is 0 Å². The molecule has 0 aliphatic heterocycles. The van der Waals surface area contributed by atoms with Crippen molar-refractivity contribution in [3.8, 4) is 0 Å². The molecule has 0 radical (unpaired) electrons. The van der Waals surface area contributed by atoms with Crippen LogP contribution in [0.15, 0.2) is 0 Å². The van der Waals surface area contributed by atoms with Crippen molar-refractivity contribution < 1.29 is 17.9 Å². The third kappa shape index (κ3) is 120. The van der Waals surface area contributed by atoms with Crippen molar-refractivity contribution in [2.24, 2.45) is 0 Å². The van der Waals surface area contributed by atoms with Crippen LogP contribution in [0, 0.1) is 0 Å². The minimum atomic E-state index is -1.83. The summed E-state index contributed by atoms with van der Waals surface area (Å²) >= 11 is 0. The first kappa shape index (κ1) is 15.9. The van der Waals surface area contributed by atoms with Gasteiger partial charge in [-0.05, 0) is 11.0 Å². The van der Waals surface area contributed by atoms with Crippen molar-refractivity contribution in [3.05, 3.63) is 0 Å². The van der Waals surface area contributed by atoms with Crippen LogP contribution in [0.3, 0.4) is 0 Å². The zero-order chi connectivity index (χ0) is 3.58. The third-order valence-corrected chi connectivity index (χ3v) is 0. The maximum atomic E-state index is 8.56. The standard InChI is InChI=1S/CH2O3.Ca.H4Si.2H/c2-1(3)4;;;;/h(H2,2,3,4);;1H4;;/q;+2;;2*-1. The van der Waals surface area contributed by atoms with Crippen molar-refractivity contribution >= 4 is 54.9 Å². The van der Waals surface area contributed by atoms with E-state index in [1.54, 1.807) is 0 Å². The molecular weight excluding hydrogens is 128 g/mol. The van der Waals surface area contributed by atoms with Gasteiger partial charge in [0.2, 0.25) is 0 Å². The average molecular weight is 136 g/mol. The molecule has 5 heteroatoms. The van der Waals surface area contributed by atoms with Gasteiger partial charge in [0.1, 0.15) is 0 Å². The predicted octanol–water partition coefficient (Wildman–Crippen LogP) is -1.39. The minimum absolute atomic E-state index is 0. The topological polar surface area (TPSA) is 57.5 Å². The summed E-state index contributed by atoms with van der Waals surface area (Å²) < 4.78 is 0. The largest absolute Gasteiger partial charge is 2.00 e. The van der Waals surface area contributed by atoms with Gasteiger partial charge in [0.25, 0.3) is 0 Å². The van der Waals surface area contributed by atoms with Crippen molar-refractivity contribution in [2.75, 3.05) is 0 Å². The van der Waals surface area contributed by atoms with Gasteiger partial charge in [-0.3, -0.25) is 0 Å². The molecule has 6 heavy (non-hydrogen) atoms. The van der Waals surface area contributed by atoms with E-state index >= 15 is 0 Å². The Labute approximate surface area is 72.3 Å². The Balaban J connectivity index is -0.00000000750. The molecular formula is CH8CaO3Si. The van der Waals surface area contributed by atoms with Gasteiger partial charge in [-0.25, -0.2) is 4.79 Å². The Morgan fingerprint density at radius 2 is 1.50 bits per heavy atom. The number of carbonyl (C=O) groups is 1. The number of hydrogen-bond acceptors (Lipinski definition) is 1. The Bertz CT molecular complexity index is 40.3. The molecule has 2 N–H and O–H groups in total. The zero-order valence-corrected chi connectivity index (χ0v) is 4.72. The maximum Gasteiger partial charge on any atom is 2.00 e. The first-order valence-electron chi connectivity index (χ1n) is 0.651. The van der Waals surface area contributed by atoms with Gasteiger partial charge >= 0.3 is 43.9 Å². The Morgan fingerprint density at radius 3 is 1.50 bits per heavy atom. The van der Waals surface area contributed by atoms with E-state index in [1.165, 1.54) is 0 Å². The number of rotatable bonds is 0. The molecule has 0 aromatic heterocycles. The van der Waals surface area contributed by atoms with Crippen LogP contribution < -0.4 is 0 Å². The molecule has 0 saturated heterocycles. The second kappa shape index (κ2) is 9.22. The van der Waals surface area contributed by atoms with Crippen LogP contribution in [-0.2, 0) is 0 Å². The van der Waals surface area contributed by atoms with Crippen LogP contribution in [0.1, 0.15) is 2.85 Å². The van der Waals surface area contributed by atoms with Gasteiger partial charge in [0, 0.05) is 0 Å². The number of carboxylic acid groups (broad SMARTS) is 2. The molecule has 0 spiro atoms. The smallest absolute Gasteiger partial charge is 1.00 e. The minimum Gasteiger partial charge on any atom is -1.00 e. The quantitative estimate of drug-likeness (QED) is 0.403. The summed E-state index contributed by atoms with van der Waals surface area (Å²) in [4.78, 5) is 8.56. The van der Waals surface area contributed by atoms with E-state index in [0.717, 1.165) is 0 Å². The molecule has 0 saturated carbocycles. The molecule has 3 nitrogen and oxygen atoms in total. The van der Waals surface area contributed by atoms with E-state index in [2.05, 4.69) is 0 Å². The molecule has 0 aromatic rings. The van der Waals surface area contributed by atoms with Gasteiger partial charge in [-0.1, -0.05) is 0 Å². The van der Waals surface area contributed by atoms with Crippen LogP contribution in [0.25, 0.3) is 0 Å². The second-order valence-corrected chi connectivity index (χ2v) is 0.283. The molecule has 0 aliphatic carbocycles. The maximum absolute atomic E-state index is 8.56. The van der Waals surface area contributed by atoms with Gasteiger partial charge in [0.15, 0.2) is 0 Å². The Morgan fingerprint density at radius 1 is 1.50 bits per heavy atom. The van der Waals surface area contributed by atoms with E-state index in [-0.39, 0.29) is 51.6 Å². The summed E-state index contributed by atoms with van der Waals surface area (Å²) in [6.07, 6.45) is -1.83. The molecule has 0 aliphatic rings. The summed E-state index contributed by atoms with van der Waals surface area (Å²) in [6.45, 7) is 0. The van der Waals surface area contributed by atoms with Crippen LogP contribution in [0.5, 0.6) is 0 Å². The fourth-order valence-corrected chi connectivity index (χ4v) is 0. The van der Waals surface area contributed by atoms with E-state index < -0.39 is 6.16 Å². The molecule has 0 amide bonds. The summed E-state index contributed by atoms with van der Waals surface area (Å²) in [5.41, 5.74) is 0. The fraction of sp³-hybridized carbons (Fsp3) is 0. The fourth-order valence-electron chi connectivity index (χ4n) is 0. The summed E-state index contributed by atoms with van der Waals surface area (Å²) in [5.74, 6) is 0. The van der Waals surface area contributed by atoms with Gasteiger partial charge in [-0.15, -0.1) is 0 Å². The van der Waals surface area contributed by atoms with E-state index in [1.807, 2.05) is 0 Å². The third-order valence-electron chi connectivity index (χ3n) is 0. The Hall–Kier alpha value is 0.747. The van der Waals surface area contributed by atoms with Crippen molar-refractivity contribution in [3.63, 3.8) is 0 Å². The van der Waals surface area contributed by atoms with Gasteiger partial charge in [-0.2, -0.15) is 0 Å². The average Bonchev–Trinajstić information content (AvgIpc) is 0.811. The Kier molecular flexibility index (Phi) is 24.4. The van der Waals surface area contributed by atoms with Crippen molar-refractivity contribution in [2.45, 2.75) is 0 Å². The summed E-state index contributed by atoms with van der Waals surface area (Å²) in [5, 5.41) is 13.9. The monoisotopic (exact) mass is 136 g/mol. The molecule has 0 unspecified atom stereocenters. The normalized spacial score (nSPS) is 4.00. The van der Waals surface area contributed by atoms with Crippen LogP contribution >= 0.6 is 0 Å². The molecule has 0 aromatic carbocycles. The van der Waals surface area contributed by atoms with Crippen LogP contribution in [-0.4, -0.2) is 65.1 Å². The van der Waals surface area contributed by atoms with Crippen LogP contribution in [0.4, 0.5) is 4.79 Å². The summed E-state index contributed by atoms with van der Waals surface area (Å²) in [6, 6.07) is 0. The SMILES string of the molecule is O=C(O)O.[Ca+2].[H-].[H-].[SiH4]. The van der Waals surface area contributed by atoms with Crippen LogP contribution in [0.2, 0.25) is 0 Å². The second-order valence-electron chi connectivity index (χ2n) is 0.283. The zero-order valence-electron chi connectivity index (χ0n) is 4.51. The first-order valence-corrected chi connectivity index (χ1v) is 0.651. The molecule has 0 bridgehead atoms. The first-order chi connectivity index (χ1) is 1.73. The van der Waals surface area contributed by atoms with E-state index in [0.29, 0.717) is 0 Å². The van der Waals surface area contributed by atoms with Gasteiger partial charge in [0.05, 0.1) is 0 Å². The summed E-state index contributed by atoms with van der Waals surface area (Å²) in [7, 11) is 0. The molecule has 36 valence electrons. The molecule has 0 heterocycles. The molecule has 0 atom stereocenters. The molecule has 0 rings (SSSR count). The van der Waals surface area contributed by atoms with Crippen molar-refractivity contribution in [1.29, 1.82) is 0 Å². The number of hydrogen-bond donors (Lipinski definition) is 2. The predicted molar refractivity (Wildman–Crippen MR) is 30.0 cm³/mol. The van der Waals surface area contributed by atoms with E-state index in [4.69, 9.17) is 15.0 Å².